The standard InChI is InChI=1S/C13H22N4O3/c1-16(11-2-6-18-7-3-11)10-12-14-15-13(20-12)17-4-8-19-9-5-17/h11H,2-10H2,1H3. The zero-order chi connectivity index (χ0) is 13.8. The van der Waals surface area contributed by atoms with Crippen LogP contribution in [0.2, 0.25) is 0 Å². The highest BCUT2D eigenvalue weighted by molar-refractivity contribution is 5.24. The molecule has 0 aliphatic carbocycles. The van der Waals surface area contributed by atoms with Crippen LogP contribution in [0.3, 0.4) is 0 Å². The molecule has 0 bridgehead atoms. The highest BCUT2D eigenvalue weighted by Crippen LogP contribution is 2.18. The number of hydrogen-bond acceptors (Lipinski definition) is 7. The molecule has 20 heavy (non-hydrogen) atoms. The molecule has 0 N–H and O–H groups in total. The quantitative estimate of drug-likeness (QED) is 0.797. The first-order valence-electron chi connectivity index (χ1n) is 7.26. The van der Waals surface area contributed by atoms with Crippen LogP contribution in [0.1, 0.15) is 18.7 Å². The summed E-state index contributed by atoms with van der Waals surface area (Å²) in [6.07, 6.45) is 2.14. The van der Waals surface area contributed by atoms with Crippen molar-refractivity contribution in [2.75, 3.05) is 51.5 Å². The zero-order valence-corrected chi connectivity index (χ0v) is 12.0. The third-order valence-corrected chi connectivity index (χ3v) is 3.94. The molecule has 0 aromatic carbocycles. The predicted molar refractivity (Wildman–Crippen MR) is 72.6 cm³/mol. The summed E-state index contributed by atoms with van der Waals surface area (Å²) in [6.45, 7) is 5.46. The van der Waals surface area contributed by atoms with E-state index in [1.807, 2.05) is 0 Å². The van der Waals surface area contributed by atoms with Crippen LogP contribution in [0, 0.1) is 0 Å². The van der Waals surface area contributed by atoms with Crippen LogP contribution >= 0.6 is 0 Å². The fourth-order valence-corrected chi connectivity index (χ4v) is 2.66. The molecule has 2 saturated heterocycles. The molecule has 2 aliphatic rings. The maximum atomic E-state index is 5.76. The topological polar surface area (TPSA) is 63.9 Å². The van der Waals surface area contributed by atoms with E-state index in [-0.39, 0.29) is 0 Å². The summed E-state index contributed by atoms with van der Waals surface area (Å²) in [5, 5.41) is 8.29. The van der Waals surface area contributed by atoms with Crippen LogP contribution in [0.4, 0.5) is 6.01 Å². The van der Waals surface area contributed by atoms with Crippen molar-refractivity contribution in [1.29, 1.82) is 0 Å². The van der Waals surface area contributed by atoms with Gasteiger partial charge in [0, 0.05) is 32.3 Å². The monoisotopic (exact) mass is 282 g/mol. The number of aromatic nitrogens is 2. The van der Waals surface area contributed by atoms with Crippen LogP contribution in [0.5, 0.6) is 0 Å². The fraction of sp³-hybridized carbons (Fsp3) is 0.846. The molecule has 1 aromatic rings. The number of morpholine rings is 1. The Morgan fingerprint density at radius 3 is 2.55 bits per heavy atom. The minimum absolute atomic E-state index is 0.544. The minimum atomic E-state index is 0.544. The van der Waals surface area contributed by atoms with Crippen LogP contribution in [0.15, 0.2) is 4.42 Å². The summed E-state index contributed by atoms with van der Waals surface area (Å²) >= 11 is 0. The number of nitrogens with zero attached hydrogens (tertiary/aromatic N) is 4. The molecule has 7 nitrogen and oxygen atoms in total. The van der Waals surface area contributed by atoms with Gasteiger partial charge in [-0.15, -0.1) is 5.10 Å². The van der Waals surface area contributed by atoms with Crippen molar-refractivity contribution in [2.24, 2.45) is 0 Å². The molecule has 0 saturated carbocycles. The Morgan fingerprint density at radius 1 is 1.10 bits per heavy atom. The Bertz CT molecular complexity index is 414. The van der Waals surface area contributed by atoms with Crippen LogP contribution in [-0.4, -0.2) is 67.7 Å². The van der Waals surface area contributed by atoms with E-state index < -0.39 is 0 Å². The molecule has 2 aliphatic heterocycles. The Kier molecular flexibility index (Phi) is 4.49. The van der Waals surface area contributed by atoms with Crippen LogP contribution in [0.25, 0.3) is 0 Å². The molecular formula is C13H22N4O3. The lowest BCUT2D eigenvalue weighted by Crippen LogP contribution is -2.36. The SMILES string of the molecule is CN(Cc1nnc(N2CCOCC2)o1)C1CCOCC1. The van der Waals surface area contributed by atoms with E-state index in [0.717, 1.165) is 52.4 Å². The molecule has 3 heterocycles. The van der Waals surface area contributed by atoms with Gasteiger partial charge in [0.1, 0.15) is 0 Å². The van der Waals surface area contributed by atoms with Gasteiger partial charge in [0.05, 0.1) is 19.8 Å². The number of anilines is 1. The van der Waals surface area contributed by atoms with E-state index >= 15 is 0 Å². The molecule has 0 radical (unpaired) electrons. The molecule has 0 amide bonds. The Labute approximate surface area is 118 Å². The summed E-state index contributed by atoms with van der Waals surface area (Å²) in [7, 11) is 2.11. The second kappa shape index (κ2) is 6.51. The van der Waals surface area contributed by atoms with Gasteiger partial charge in [-0.3, -0.25) is 4.90 Å². The zero-order valence-electron chi connectivity index (χ0n) is 12.0. The first-order valence-corrected chi connectivity index (χ1v) is 7.26. The summed E-state index contributed by atoms with van der Waals surface area (Å²) in [5.41, 5.74) is 0. The molecule has 0 spiro atoms. The Balaban J connectivity index is 1.56. The lowest BCUT2D eigenvalue weighted by molar-refractivity contribution is 0.0382. The van der Waals surface area contributed by atoms with Gasteiger partial charge in [-0.25, -0.2) is 0 Å². The third-order valence-electron chi connectivity index (χ3n) is 3.94. The van der Waals surface area contributed by atoms with E-state index in [1.165, 1.54) is 0 Å². The summed E-state index contributed by atoms with van der Waals surface area (Å²) in [4.78, 5) is 4.35. The normalized spacial score (nSPS) is 21.6. The molecule has 0 unspecified atom stereocenters. The van der Waals surface area contributed by atoms with E-state index in [1.54, 1.807) is 0 Å². The van der Waals surface area contributed by atoms with Gasteiger partial charge in [-0.2, -0.15) is 0 Å². The lowest BCUT2D eigenvalue weighted by Gasteiger charge is -2.30. The van der Waals surface area contributed by atoms with Crippen LogP contribution in [-0.2, 0) is 16.0 Å². The highest BCUT2D eigenvalue weighted by Gasteiger charge is 2.22. The van der Waals surface area contributed by atoms with Crippen molar-refractivity contribution in [3.8, 4) is 0 Å². The second-order valence-electron chi connectivity index (χ2n) is 5.34. The lowest BCUT2D eigenvalue weighted by atomic mass is 10.1. The van der Waals surface area contributed by atoms with E-state index in [0.29, 0.717) is 24.5 Å². The Hall–Kier alpha value is -1.18. The van der Waals surface area contributed by atoms with Gasteiger partial charge in [0.25, 0.3) is 0 Å². The molecule has 3 rings (SSSR count). The number of rotatable bonds is 4. The third kappa shape index (κ3) is 3.28. The molecule has 7 heteroatoms. The number of hydrogen-bond donors (Lipinski definition) is 0. The molecule has 2 fully saturated rings. The van der Waals surface area contributed by atoms with Gasteiger partial charge in [-0.05, 0) is 19.9 Å². The average molecular weight is 282 g/mol. The van der Waals surface area contributed by atoms with Gasteiger partial charge in [0.15, 0.2) is 0 Å². The maximum absolute atomic E-state index is 5.76. The van der Waals surface area contributed by atoms with E-state index in [2.05, 4.69) is 27.0 Å². The van der Waals surface area contributed by atoms with Crippen molar-refractivity contribution in [3.05, 3.63) is 5.89 Å². The summed E-state index contributed by atoms with van der Waals surface area (Å²) in [6, 6.07) is 1.16. The van der Waals surface area contributed by atoms with Crippen molar-refractivity contribution in [3.63, 3.8) is 0 Å². The highest BCUT2D eigenvalue weighted by atomic mass is 16.5. The smallest absolute Gasteiger partial charge is 0.318 e. The van der Waals surface area contributed by atoms with Crippen molar-refractivity contribution in [1.82, 2.24) is 15.1 Å². The first kappa shape index (κ1) is 13.8. The second-order valence-corrected chi connectivity index (χ2v) is 5.34. The van der Waals surface area contributed by atoms with Crippen molar-refractivity contribution >= 4 is 6.01 Å². The van der Waals surface area contributed by atoms with Gasteiger partial charge >= 0.3 is 6.01 Å². The summed E-state index contributed by atoms with van der Waals surface area (Å²) in [5.74, 6) is 0.681. The minimum Gasteiger partial charge on any atom is -0.407 e. The molecule has 112 valence electrons. The van der Waals surface area contributed by atoms with Gasteiger partial charge < -0.3 is 18.8 Å². The van der Waals surface area contributed by atoms with E-state index in [9.17, 15) is 0 Å². The van der Waals surface area contributed by atoms with Crippen molar-refractivity contribution < 1.29 is 13.9 Å². The predicted octanol–water partition coefficient (Wildman–Crippen LogP) is 0.517. The number of ether oxygens (including phenoxy) is 2. The largest absolute Gasteiger partial charge is 0.407 e. The van der Waals surface area contributed by atoms with Gasteiger partial charge in [-0.1, -0.05) is 5.10 Å². The Morgan fingerprint density at radius 2 is 1.80 bits per heavy atom. The molecule has 1 aromatic heterocycles. The fourth-order valence-electron chi connectivity index (χ4n) is 2.66. The van der Waals surface area contributed by atoms with Crippen LogP contribution < -0.4 is 4.90 Å². The van der Waals surface area contributed by atoms with Gasteiger partial charge in [0.2, 0.25) is 5.89 Å². The molecule has 0 atom stereocenters. The van der Waals surface area contributed by atoms with E-state index in [4.69, 9.17) is 13.9 Å². The molecular weight excluding hydrogens is 260 g/mol. The average Bonchev–Trinajstić information content (AvgIpc) is 2.97. The van der Waals surface area contributed by atoms with Crippen molar-refractivity contribution in [2.45, 2.75) is 25.4 Å². The summed E-state index contributed by atoms with van der Waals surface area (Å²) < 4.78 is 16.5. The first-order chi connectivity index (χ1) is 9.83. The maximum Gasteiger partial charge on any atom is 0.318 e.